The van der Waals surface area contributed by atoms with E-state index in [1.807, 2.05) is 48.5 Å². The summed E-state index contributed by atoms with van der Waals surface area (Å²) >= 11 is 0. The number of carbonyl (C=O) groups excluding carboxylic acids is 1. The Labute approximate surface area is 140 Å². The second kappa shape index (κ2) is 7.73. The third-order valence-electron chi connectivity index (χ3n) is 3.27. The Hall–Kier alpha value is -3.41. The average molecular weight is 319 g/mol. The van der Waals surface area contributed by atoms with Gasteiger partial charge in [0.05, 0.1) is 11.9 Å². The molecule has 0 saturated heterocycles. The van der Waals surface area contributed by atoms with Crippen LogP contribution in [0.1, 0.15) is 5.56 Å². The zero-order chi connectivity index (χ0) is 16.6. The van der Waals surface area contributed by atoms with Crippen LogP contribution in [0.3, 0.4) is 0 Å². The number of amides is 2. The van der Waals surface area contributed by atoms with E-state index in [1.54, 1.807) is 24.7 Å². The maximum atomic E-state index is 11.9. The first-order valence-electron chi connectivity index (χ1n) is 7.51. The standard InChI is InChI=1S/C18H17N5O/c24-18(21-12-14-8-10-19-11-9-14)23-17-7-6-16(13-20-17)22-15-4-2-1-3-5-15/h1-11,13,22H,12H2,(H2,20,21,23,24). The van der Waals surface area contributed by atoms with Crippen molar-refractivity contribution < 1.29 is 4.79 Å². The molecule has 2 amide bonds. The number of aromatic nitrogens is 2. The molecular formula is C18H17N5O. The van der Waals surface area contributed by atoms with Gasteiger partial charge in [0.2, 0.25) is 0 Å². The Morgan fingerprint density at radius 1 is 0.917 bits per heavy atom. The maximum absolute atomic E-state index is 11.9. The first-order valence-corrected chi connectivity index (χ1v) is 7.51. The number of hydrogen-bond acceptors (Lipinski definition) is 4. The molecule has 0 saturated carbocycles. The summed E-state index contributed by atoms with van der Waals surface area (Å²) < 4.78 is 0. The van der Waals surface area contributed by atoms with E-state index in [0.717, 1.165) is 16.9 Å². The van der Waals surface area contributed by atoms with E-state index in [-0.39, 0.29) is 6.03 Å². The third kappa shape index (κ3) is 4.54. The van der Waals surface area contributed by atoms with Gasteiger partial charge in [0.1, 0.15) is 5.82 Å². The van der Waals surface area contributed by atoms with E-state index in [2.05, 4.69) is 25.9 Å². The number of anilines is 3. The molecule has 3 N–H and O–H groups in total. The SMILES string of the molecule is O=C(NCc1ccncc1)Nc1ccc(Nc2ccccc2)cn1. The smallest absolute Gasteiger partial charge is 0.320 e. The Bertz CT molecular complexity index is 776. The summed E-state index contributed by atoms with van der Waals surface area (Å²) in [6.45, 7) is 0.433. The molecule has 6 nitrogen and oxygen atoms in total. The van der Waals surface area contributed by atoms with Crippen LogP contribution in [-0.4, -0.2) is 16.0 Å². The largest absolute Gasteiger partial charge is 0.354 e. The summed E-state index contributed by atoms with van der Waals surface area (Å²) in [6.07, 6.45) is 5.05. The lowest BCUT2D eigenvalue weighted by molar-refractivity contribution is 0.251. The second-order valence-electron chi connectivity index (χ2n) is 5.09. The monoisotopic (exact) mass is 319 g/mol. The molecule has 0 aliphatic heterocycles. The van der Waals surface area contributed by atoms with Crippen molar-refractivity contribution in [1.82, 2.24) is 15.3 Å². The summed E-state index contributed by atoms with van der Waals surface area (Å²) in [7, 11) is 0. The first kappa shape index (κ1) is 15.5. The molecule has 0 spiro atoms. The Kier molecular flexibility index (Phi) is 4.99. The molecule has 6 heteroatoms. The third-order valence-corrected chi connectivity index (χ3v) is 3.27. The van der Waals surface area contributed by atoms with Crippen molar-refractivity contribution in [3.8, 4) is 0 Å². The van der Waals surface area contributed by atoms with E-state index in [0.29, 0.717) is 12.4 Å². The number of urea groups is 1. The maximum Gasteiger partial charge on any atom is 0.320 e. The highest BCUT2D eigenvalue weighted by atomic mass is 16.2. The van der Waals surface area contributed by atoms with Crippen molar-refractivity contribution in [3.63, 3.8) is 0 Å². The molecule has 24 heavy (non-hydrogen) atoms. The number of hydrogen-bond donors (Lipinski definition) is 3. The van der Waals surface area contributed by atoms with Crippen molar-refractivity contribution in [2.75, 3.05) is 10.6 Å². The minimum absolute atomic E-state index is 0.303. The normalized spacial score (nSPS) is 10.0. The predicted octanol–water partition coefficient (Wildman–Crippen LogP) is 3.54. The first-order chi connectivity index (χ1) is 11.8. The van der Waals surface area contributed by atoms with E-state index in [9.17, 15) is 4.79 Å². The zero-order valence-corrected chi connectivity index (χ0v) is 12.9. The van der Waals surface area contributed by atoms with Crippen LogP contribution < -0.4 is 16.0 Å². The molecule has 0 radical (unpaired) electrons. The van der Waals surface area contributed by atoms with Gasteiger partial charge in [-0.25, -0.2) is 9.78 Å². The van der Waals surface area contributed by atoms with E-state index < -0.39 is 0 Å². The van der Waals surface area contributed by atoms with Crippen molar-refractivity contribution in [1.29, 1.82) is 0 Å². The van der Waals surface area contributed by atoms with Crippen LogP contribution in [0, 0.1) is 0 Å². The number of nitrogens with one attached hydrogen (secondary N) is 3. The number of pyridine rings is 2. The topological polar surface area (TPSA) is 78.9 Å². The van der Waals surface area contributed by atoms with Gasteiger partial charge in [-0.05, 0) is 42.0 Å². The molecule has 0 unspecified atom stereocenters. The lowest BCUT2D eigenvalue weighted by atomic mass is 10.3. The Morgan fingerprint density at radius 3 is 2.42 bits per heavy atom. The molecule has 0 aliphatic carbocycles. The van der Waals surface area contributed by atoms with Gasteiger partial charge in [-0.2, -0.15) is 0 Å². The molecule has 120 valence electrons. The number of rotatable bonds is 5. The number of benzene rings is 1. The van der Waals surface area contributed by atoms with Crippen LogP contribution in [0.4, 0.5) is 22.0 Å². The van der Waals surface area contributed by atoms with Gasteiger partial charge >= 0.3 is 6.03 Å². The van der Waals surface area contributed by atoms with Gasteiger partial charge in [0.15, 0.2) is 0 Å². The lowest BCUT2D eigenvalue weighted by Gasteiger charge is -2.09. The predicted molar refractivity (Wildman–Crippen MR) is 94.1 cm³/mol. The van der Waals surface area contributed by atoms with Crippen LogP contribution in [-0.2, 0) is 6.54 Å². The highest BCUT2D eigenvalue weighted by molar-refractivity contribution is 5.88. The summed E-state index contributed by atoms with van der Waals surface area (Å²) in [5, 5.41) is 8.70. The fourth-order valence-corrected chi connectivity index (χ4v) is 2.07. The highest BCUT2D eigenvalue weighted by Crippen LogP contribution is 2.16. The fraction of sp³-hybridized carbons (Fsp3) is 0.0556. The summed E-state index contributed by atoms with van der Waals surface area (Å²) in [5.74, 6) is 0.487. The number of para-hydroxylation sites is 1. The Balaban J connectivity index is 1.51. The van der Waals surface area contributed by atoms with Crippen molar-refractivity contribution in [3.05, 3.63) is 78.8 Å². The molecular weight excluding hydrogens is 302 g/mol. The molecule has 0 atom stereocenters. The van der Waals surface area contributed by atoms with Gasteiger partial charge in [0.25, 0.3) is 0 Å². The zero-order valence-electron chi connectivity index (χ0n) is 12.9. The van der Waals surface area contributed by atoms with Crippen LogP contribution in [0.2, 0.25) is 0 Å². The molecule has 0 fully saturated rings. The van der Waals surface area contributed by atoms with Crippen LogP contribution in [0.15, 0.2) is 73.2 Å². The summed E-state index contributed by atoms with van der Waals surface area (Å²) in [6, 6.07) is 16.8. The van der Waals surface area contributed by atoms with E-state index >= 15 is 0 Å². The minimum atomic E-state index is -0.303. The van der Waals surface area contributed by atoms with Gasteiger partial charge < -0.3 is 10.6 Å². The highest BCUT2D eigenvalue weighted by Gasteiger charge is 2.03. The van der Waals surface area contributed by atoms with Crippen molar-refractivity contribution in [2.45, 2.75) is 6.54 Å². The summed E-state index contributed by atoms with van der Waals surface area (Å²) in [5.41, 5.74) is 2.81. The fourth-order valence-electron chi connectivity index (χ4n) is 2.07. The quantitative estimate of drug-likeness (QED) is 0.672. The molecule has 2 heterocycles. The minimum Gasteiger partial charge on any atom is -0.354 e. The van der Waals surface area contributed by atoms with Gasteiger partial charge in [-0.15, -0.1) is 0 Å². The molecule has 0 aliphatic rings. The van der Waals surface area contributed by atoms with Crippen LogP contribution >= 0.6 is 0 Å². The molecule has 3 aromatic rings. The van der Waals surface area contributed by atoms with Gasteiger partial charge in [-0.1, -0.05) is 18.2 Å². The molecule has 0 bridgehead atoms. The van der Waals surface area contributed by atoms with E-state index in [4.69, 9.17) is 0 Å². The molecule has 2 aromatic heterocycles. The molecule has 1 aromatic carbocycles. The second-order valence-corrected chi connectivity index (χ2v) is 5.09. The number of nitrogens with zero attached hydrogens (tertiary/aromatic N) is 2. The van der Waals surface area contributed by atoms with Crippen molar-refractivity contribution in [2.24, 2.45) is 0 Å². The van der Waals surface area contributed by atoms with Gasteiger partial charge in [-0.3, -0.25) is 10.3 Å². The molecule has 3 rings (SSSR count). The van der Waals surface area contributed by atoms with Gasteiger partial charge in [0, 0.05) is 24.6 Å². The Morgan fingerprint density at radius 2 is 1.71 bits per heavy atom. The lowest BCUT2D eigenvalue weighted by Crippen LogP contribution is -2.28. The average Bonchev–Trinajstić information content (AvgIpc) is 2.63. The van der Waals surface area contributed by atoms with Crippen LogP contribution in [0.25, 0.3) is 0 Å². The van der Waals surface area contributed by atoms with Crippen LogP contribution in [0.5, 0.6) is 0 Å². The van der Waals surface area contributed by atoms with E-state index in [1.165, 1.54) is 0 Å². The van der Waals surface area contributed by atoms with Crippen molar-refractivity contribution >= 4 is 23.2 Å². The number of carbonyl (C=O) groups is 1. The summed E-state index contributed by atoms with van der Waals surface area (Å²) in [4.78, 5) is 20.0.